The monoisotopic (exact) mass is 600 g/mol. The van der Waals surface area contributed by atoms with Crippen LogP contribution in [0.3, 0.4) is 0 Å². The van der Waals surface area contributed by atoms with Gasteiger partial charge in [-0.1, -0.05) is 54.6 Å². The van der Waals surface area contributed by atoms with Crippen LogP contribution in [0, 0.1) is 5.82 Å². The Balaban J connectivity index is 1.62. The number of carbonyl (C=O) groups is 2. The first kappa shape index (κ1) is 31.9. The first-order chi connectivity index (χ1) is 21.4. The Labute approximate surface area is 257 Å². The molecule has 4 aromatic rings. The maximum absolute atomic E-state index is 14.1. The molecule has 9 heteroatoms. The fourth-order valence-electron chi connectivity index (χ4n) is 4.95. The Morgan fingerprint density at radius 3 is 1.84 bits per heavy atom. The molecule has 230 valence electrons. The van der Waals surface area contributed by atoms with Crippen LogP contribution in [-0.2, 0) is 29.0 Å². The van der Waals surface area contributed by atoms with Gasteiger partial charge in [0.2, 0.25) is 11.8 Å². The number of halogens is 1. The lowest BCUT2D eigenvalue weighted by Crippen LogP contribution is -2.44. The highest BCUT2D eigenvalue weighted by Crippen LogP contribution is 2.30. The van der Waals surface area contributed by atoms with E-state index < -0.39 is 6.04 Å². The second-order valence-corrected chi connectivity index (χ2v) is 10.1. The summed E-state index contributed by atoms with van der Waals surface area (Å²) in [7, 11) is 6.22. The van der Waals surface area contributed by atoms with Crippen LogP contribution in [-0.4, -0.2) is 51.7 Å². The van der Waals surface area contributed by atoms with Crippen molar-refractivity contribution >= 4 is 11.8 Å². The Morgan fingerprint density at radius 1 is 0.705 bits per heavy atom. The van der Waals surface area contributed by atoms with Gasteiger partial charge in [-0.3, -0.25) is 9.59 Å². The van der Waals surface area contributed by atoms with Gasteiger partial charge in [0.1, 0.15) is 11.9 Å². The fourth-order valence-corrected chi connectivity index (χ4v) is 4.95. The van der Waals surface area contributed by atoms with E-state index in [9.17, 15) is 14.0 Å². The normalized spacial score (nSPS) is 11.3. The lowest BCUT2D eigenvalue weighted by atomic mass is 10.0. The van der Waals surface area contributed by atoms with Crippen molar-refractivity contribution in [3.8, 4) is 23.0 Å². The predicted octanol–water partition coefficient (Wildman–Crippen LogP) is 5.53. The van der Waals surface area contributed by atoms with Gasteiger partial charge in [-0.05, 0) is 65.1 Å². The number of nitrogens with one attached hydrogen (secondary N) is 1. The fraction of sp³-hybridized carbons (Fsp3) is 0.257. The SMILES string of the molecule is COc1ccc(CCNC(=O)[C@H](c2ccccc2)N(Cc2ccc(F)cc2)C(=O)Cc2ccc(OC)c(OC)c2)cc1OC. The number of methoxy groups -OCH3 is 4. The van der Waals surface area contributed by atoms with Crippen molar-refractivity contribution in [3.05, 3.63) is 119 Å². The number of ether oxygens (including phenoxy) is 4. The second kappa shape index (κ2) is 15.4. The van der Waals surface area contributed by atoms with Gasteiger partial charge in [0, 0.05) is 13.1 Å². The summed E-state index contributed by atoms with van der Waals surface area (Å²) in [5, 5.41) is 3.02. The molecule has 0 bridgehead atoms. The minimum Gasteiger partial charge on any atom is -0.493 e. The highest BCUT2D eigenvalue weighted by Gasteiger charge is 2.31. The van der Waals surface area contributed by atoms with Gasteiger partial charge in [-0.25, -0.2) is 4.39 Å². The van der Waals surface area contributed by atoms with Crippen molar-refractivity contribution in [2.45, 2.75) is 25.4 Å². The molecule has 0 fully saturated rings. The van der Waals surface area contributed by atoms with Crippen LogP contribution in [0.4, 0.5) is 4.39 Å². The molecule has 2 amide bonds. The van der Waals surface area contributed by atoms with Crippen molar-refractivity contribution in [2.75, 3.05) is 35.0 Å². The summed E-state index contributed by atoms with van der Waals surface area (Å²) in [6.07, 6.45) is 0.537. The topological polar surface area (TPSA) is 86.3 Å². The smallest absolute Gasteiger partial charge is 0.247 e. The summed E-state index contributed by atoms with van der Waals surface area (Å²) in [4.78, 5) is 29.5. The molecular formula is C35H37FN2O6. The van der Waals surface area contributed by atoms with E-state index in [0.717, 1.165) is 5.56 Å². The average Bonchev–Trinajstić information content (AvgIpc) is 3.05. The van der Waals surface area contributed by atoms with Gasteiger partial charge < -0.3 is 29.2 Å². The molecule has 0 radical (unpaired) electrons. The summed E-state index contributed by atoms with van der Waals surface area (Å²) in [5.74, 6) is 1.26. The first-order valence-corrected chi connectivity index (χ1v) is 14.1. The molecular weight excluding hydrogens is 563 g/mol. The van der Waals surface area contributed by atoms with Crippen LogP contribution in [0.2, 0.25) is 0 Å². The maximum atomic E-state index is 14.1. The average molecular weight is 601 g/mol. The zero-order valence-electron chi connectivity index (χ0n) is 25.3. The van der Waals surface area contributed by atoms with Crippen molar-refractivity contribution in [1.29, 1.82) is 0 Å². The molecule has 1 atom stereocenters. The molecule has 4 rings (SSSR count). The zero-order chi connectivity index (χ0) is 31.5. The first-order valence-electron chi connectivity index (χ1n) is 14.1. The highest BCUT2D eigenvalue weighted by molar-refractivity contribution is 5.89. The quantitative estimate of drug-likeness (QED) is 0.205. The van der Waals surface area contributed by atoms with Crippen LogP contribution in [0.5, 0.6) is 23.0 Å². The Kier molecular flexibility index (Phi) is 11.2. The third kappa shape index (κ3) is 8.06. The van der Waals surface area contributed by atoms with Gasteiger partial charge in [0.15, 0.2) is 23.0 Å². The van der Waals surface area contributed by atoms with Crippen molar-refractivity contribution < 1.29 is 32.9 Å². The third-order valence-corrected chi connectivity index (χ3v) is 7.23. The van der Waals surface area contributed by atoms with Gasteiger partial charge in [-0.15, -0.1) is 0 Å². The lowest BCUT2D eigenvalue weighted by Gasteiger charge is -2.32. The van der Waals surface area contributed by atoms with E-state index in [1.165, 1.54) is 24.1 Å². The molecule has 1 N–H and O–H groups in total. The molecule has 0 aromatic heterocycles. The van der Waals surface area contributed by atoms with Gasteiger partial charge in [-0.2, -0.15) is 0 Å². The predicted molar refractivity (Wildman–Crippen MR) is 166 cm³/mol. The molecule has 0 saturated heterocycles. The number of nitrogens with zero attached hydrogens (tertiary/aromatic N) is 1. The van der Waals surface area contributed by atoms with Gasteiger partial charge in [0.05, 0.1) is 34.9 Å². The number of hydrogen-bond acceptors (Lipinski definition) is 6. The maximum Gasteiger partial charge on any atom is 0.247 e. The minimum absolute atomic E-state index is 0.00378. The molecule has 0 aliphatic heterocycles. The Bertz CT molecular complexity index is 1550. The van der Waals surface area contributed by atoms with Crippen LogP contribution >= 0.6 is 0 Å². The van der Waals surface area contributed by atoms with Crippen LogP contribution in [0.1, 0.15) is 28.3 Å². The van der Waals surface area contributed by atoms with E-state index in [-0.39, 0.29) is 30.6 Å². The second-order valence-electron chi connectivity index (χ2n) is 10.1. The van der Waals surface area contributed by atoms with Crippen molar-refractivity contribution in [2.24, 2.45) is 0 Å². The van der Waals surface area contributed by atoms with E-state index in [4.69, 9.17) is 18.9 Å². The molecule has 4 aromatic carbocycles. The molecule has 0 unspecified atom stereocenters. The summed E-state index contributed by atoms with van der Waals surface area (Å²) >= 11 is 0. The van der Waals surface area contributed by atoms with Gasteiger partial charge >= 0.3 is 0 Å². The molecule has 0 saturated carbocycles. The summed E-state index contributed by atoms with van der Waals surface area (Å²) < 4.78 is 35.2. The van der Waals surface area contributed by atoms with E-state index >= 15 is 0 Å². The number of carbonyl (C=O) groups excluding carboxylic acids is 2. The van der Waals surface area contributed by atoms with Crippen LogP contribution in [0.25, 0.3) is 0 Å². The summed E-state index contributed by atoms with van der Waals surface area (Å²) in [6.45, 7) is 0.418. The van der Waals surface area contributed by atoms with E-state index in [0.29, 0.717) is 52.7 Å². The summed E-state index contributed by atoms with van der Waals surface area (Å²) in [5.41, 5.74) is 2.98. The van der Waals surface area contributed by atoms with E-state index in [1.54, 1.807) is 51.7 Å². The molecule has 0 heterocycles. The largest absolute Gasteiger partial charge is 0.493 e. The molecule has 8 nitrogen and oxygen atoms in total. The van der Waals surface area contributed by atoms with E-state index in [2.05, 4.69) is 5.32 Å². The van der Waals surface area contributed by atoms with Crippen molar-refractivity contribution in [3.63, 3.8) is 0 Å². The Hall–Kier alpha value is -5.05. The molecule has 0 aliphatic carbocycles. The third-order valence-electron chi connectivity index (χ3n) is 7.23. The van der Waals surface area contributed by atoms with Crippen molar-refractivity contribution in [1.82, 2.24) is 10.2 Å². The molecule has 0 aliphatic rings. The number of amides is 2. The molecule has 0 spiro atoms. The zero-order valence-corrected chi connectivity index (χ0v) is 25.3. The molecule has 44 heavy (non-hydrogen) atoms. The minimum atomic E-state index is -0.945. The summed E-state index contributed by atoms with van der Waals surface area (Å²) in [6, 6.07) is 25.0. The highest BCUT2D eigenvalue weighted by atomic mass is 19.1. The number of rotatable bonds is 14. The van der Waals surface area contributed by atoms with Crippen LogP contribution < -0.4 is 24.3 Å². The lowest BCUT2D eigenvalue weighted by molar-refractivity contribution is -0.141. The number of benzene rings is 4. The van der Waals surface area contributed by atoms with Gasteiger partial charge in [0.25, 0.3) is 0 Å². The standard InChI is InChI=1S/C35H37FN2O6/c1-41-29-16-12-24(20-31(29)43-3)18-19-37-35(40)34(27-8-6-5-7-9-27)38(23-25-10-14-28(36)15-11-25)33(39)22-26-13-17-30(42-2)32(21-26)44-4/h5-17,20-21,34H,18-19,22-23H2,1-4H3,(H,37,40)/t34-/m0/s1. The Morgan fingerprint density at radius 2 is 1.25 bits per heavy atom. The van der Waals surface area contributed by atoms with Crippen LogP contribution in [0.15, 0.2) is 91.0 Å². The number of hydrogen-bond donors (Lipinski definition) is 1. The van der Waals surface area contributed by atoms with E-state index in [1.807, 2.05) is 48.5 Å².